The summed E-state index contributed by atoms with van der Waals surface area (Å²) in [7, 11) is 0. The highest BCUT2D eigenvalue weighted by molar-refractivity contribution is 5.50. The van der Waals surface area contributed by atoms with E-state index in [4.69, 9.17) is 5.73 Å². The van der Waals surface area contributed by atoms with Gasteiger partial charge >= 0.3 is 6.29 Å². The van der Waals surface area contributed by atoms with Crippen LogP contribution >= 0.6 is 0 Å². The molecule has 0 amide bonds. The van der Waals surface area contributed by atoms with Crippen LogP contribution in [-0.2, 0) is 0 Å². The molecule has 0 saturated carbocycles. The first-order valence-corrected chi connectivity index (χ1v) is 5.94. The zero-order valence-corrected chi connectivity index (χ0v) is 11.0. The molecule has 2 rings (SSSR count). The minimum Gasteiger partial charge on any atom is -0.395 e. The van der Waals surface area contributed by atoms with E-state index < -0.39 is 23.9 Å². The van der Waals surface area contributed by atoms with Crippen LogP contribution in [0.3, 0.4) is 0 Å². The standard InChI is InChI=1S/C13H17F2NO3/c1-12(2,3)11(17)9(16)7-5-4-6-8-10(7)19-13(14,15)18-8/h4-6,9,11,17H,16H2,1-3H3/t9-,11-/m1/s1. The number of aliphatic hydroxyl groups is 1. The van der Waals surface area contributed by atoms with E-state index in [-0.39, 0.29) is 11.5 Å². The Kier molecular flexibility index (Phi) is 3.18. The quantitative estimate of drug-likeness (QED) is 0.868. The number of fused-ring (bicyclic) bond motifs is 1. The largest absolute Gasteiger partial charge is 0.586 e. The molecule has 106 valence electrons. The Morgan fingerprint density at radius 1 is 1.26 bits per heavy atom. The van der Waals surface area contributed by atoms with Gasteiger partial charge in [0.25, 0.3) is 0 Å². The third-order valence-electron chi connectivity index (χ3n) is 3.05. The number of aliphatic hydroxyl groups excluding tert-OH is 1. The Morgan fingerprint density at radius 2 is 1.89 bits per heavy atom. The van der Waals surface area contributed by atoms with Gasteiger partial charge in [0.15, 0.2) is 11.5 Å². The molecule has 1 aromatic carbocycles. The smallest absolute Gasteiger partial charge is 0.395 e. The maximum absolute atomic E-state index is 13.1. The molecule has 6 heteroatoms. The highest BCUT2D eigenvalue weighted by atomic mass is 19.3. The van der Waals surface area contributed by atoms with E-state index in [1.165, 1.54) is 12.1 Å². The minimum atomic E-state index is -3.69. The van der Waals surface area contributed by atoms with Gasteiger partial charge in [-0.2, -0.15) is 0 Å². The fourth-order valence-corrected chi connectivity index (χ4v) is 1.96. The van der Waals surface area contributed by atoms with Crippen LogP contribution in [0.5, 0.6) is 11.5 Å². The average Bonchev–Trinajstić information content (AvgIpc) is 2.59. The van der Waals surface area contributed by atoms with Gasteiger partial charge in [0.2, 0.25) is 0 Å². The molecule has 1 aromatic rings. The Morgan fingerprint density at radius 3 is 2.47 bits per heavy atom. The summed E-state index contributed by atoms with van der Waals surface area (Å²) in [5.74, 6) is -0.178. The van der Waals surface area contributed by atoms with Crippen molar-refractivity contribution in [1.82, 2.24) is 0 Å². The van der Waals surface area contributed by atoms with Crippen molar-refractivity contribution < 1.29 is 23.4 Å². The Hall–Kier alpha value is -1.40. The summed E-state index contributed by atoms with van der Waals surface area (Å²) in [4.78, 5) is 0. The summed E-state index contributed by atoms with van der Waals surface area (Å²) in [6, 6.07) is 3.61. The number of benzene rings is 1. The molecule has 0 fully saturated rings. The molecular formula is C13H17F2NO3. The lowest BCUT2D eigenvalue weighted by Crippen LogP contribution is -2.37. The highest BCUT2D eigenvalue weighted by Gasteiger charge is 2.45. The minimum absolute atomic E-state index is 0.0703. The number of alkyl halides is 2. The van der Waals surface area contributed by atoms with Crippen molar-refractivity contribution in [3.05, 3.63) is 23.8 Å². The number of hydrogen-bond acceptors (Lipinski definition) is 4. The topological polar surface area (TPSA) is 64.7 Å². The van der Waals surface area contributed by atoms with Gasteiger partial charge in [-0.15, -0.1) is 8.78 Å². The summed E-state index contributed by atoms with van der Waals surface area (Å²) in [6.07, 6.45) is -4.60. The molecule has 0 aromatic heterocycles. The Labute approximate surface area is 110 Å². The average molecular weight is 273 g/mol. The first kappa shape index (κ1) is 14.0. The lowest BCUT2D eigenvalue weighted by Gasteiger charge is -2.31. The molecular weight excluding hydrogens is 256 g/mol. The third kappa shape index (κ3) is 2.64. The van der Waals surface area contributed by atoms with Crippen LogP contribution in [0.15, 0.2) is 18.2 Å². The summed E-state index contributed by atoms with van der Waals surface area (Å²) in [5.41, 5.74) is 5.78. The van der Waals surface area contributed by atoms with Crippen molar-refractivity contribution in [3.8, 4) is 11.5 Å². The molecule has 4 nitrogen and oxygen atoms in total. The van der Waals surface area contributed by atoms with E-state index in [9.17, 15) is 13.9 Å². The summed E-state index contributed by atoms with van der Waals surface area (Å²) in [6.45, 7) is 5.44. The monoisotopic (exact) mass is 273 g/mol. The molecule has 1 aliphatic heterocycles. The van der Waals surface area contributed by atoms with Crippen molar-refractivity contribution >= 4 is 0 Å². The van der Waals surface area contributed by atoms with E-state index in [1.54, 1.807) is 6.07 Å². The van der Waals surface area contributed by atoms with Gasteiger partial charge in [-0.3, -0.25) is 0 Å². The van der Waals surface area contributed by atoms with E-state index in [1.807, 2.05) is 20.8 Å². The van der Waals surface area contributed by atoms with E-state index in [2.05, 4.69) is 9.47 Å². The molecule has 0 radical (unpaired) electrons. The normalized spacial score (nSPS) is 20.2. The van der Waals surface area contributed by atoms with Gasteiger partial charge in [-0.25, -0.2) is 0 Å². The fraction of sp³-hybridized carbons (Fsp3) is 0.538. The molecule has 2 atom stereocenters. The van der Waals surface area contributed by atoms with Gasteiger partial charge in [-0.05, 0) is 11.5 Å². The van der Waals surface area contributed by atoms with Gasteiger partial charge in [0, 0.05) is 5.56 Å². The van der Waals surface area contributed by atoms with Crippen molar-refractivity contribution in [3.63, 3.8) is 0 Å². The van der Waals surface area contributed by atoms with Crippen molar-refractivity contribution in [2.45, 2.75) is 39.2 Å². The molecule has 0 bridgehead atoms. The predicted molar refractivity (Wildman–Crippen MR) is 65.0 cm³/mol. The maximum atomic E-state index is 13.1. The number of para-hydroxylation sites is 1. The van der Waals surface area contributed by atoms with E-state index >= 15 is 0 Å². The number of hydrogen-bond donors (Lipinski definition) is 2. The van der Waals surface area contributed by atoms with Gasteiger partial charge < -0.3 is 20.3 Å². The molecule has 0 spiro atoms. The van der Waals surface area contributed by atoms with Crippen LogP contribution in [0.2, 0.25) is 0 Å². The van der Waals surface area contributed by atoms with Crippen LogP contribution < -0.4 is 15.2 Å². The lowest BCUT2D eigenvalue weighted by molar-refractivity contribution is -0.287. The zero-order valence-electron chi connectivity index (χ0n) is 11.0. The summed E-state index contributed by atoms with van der Waals surface area (Å²) in [5, 5.41) is 10.2. The highest BCUT2D eigenvalue weighted by Crippen LogP contribution is 2.46. The lowest BCUT2D eigenvalue weighted by atomic mass is 9.82. The second-order valence-corrected chi connectivity index (χ2v) is 5.68. The van der Waals surface area contributed by atoms with E-state index in [0.29, 0.717) is 5.56 Å². The molecule has 1 aliphatic rings. The molecule has 3 N–H and O–H groups in total. The van der Waals surface area contributed by atoms with E-state index in [0.717, 1.165) is 0 Å². The van der Waals surface area contributed by atoms with Gasteiger partial charge in [0.1, 0.15) is 0 Å². The number of ether oxygens (including phenoxy) is 2. The second-order valence-electron chi connectivity index (χ2n) is 5.68. The SMILES string of the molecule is CC(C)(C)[C@H](O)[C@H](N)c1cccc2c1OC(F)(F)O2. The summed E-state index contributed by atoms with van der Waals surface area (Å²) >= 11 is 0. The van der Waals surface area contributed by atoms with Crippen molar-refractivity contribution in [2.75, 3.05) is 0 Å². The molecule has 19 heavy (non-hydrogen) atoms. The maximum Gasteiger partial charge on any atom is 0.586 e. The molecule has 0 saturated heterocycles. The van der Waals surface area contributed by atoms with Gasteiger partial charge in [0.05, 0.1) is 12.1 Å². The van der Waals surface area contributed by atoms with Crippen molar-refractivity contribution in [2.24, 2.45) is 11.1 Å². The first-order valence-electron chi connectivity index (χ1n) is 5.94. The number of rotatable bonds is 2. The van der Waals surface area contributed by atoms with Crippen LogP contribution in [0.25, 0.3) is 0 Å². The number of nitrogens with two attached hydrogens (primary N) is 1. The first-order chi connectivity index (χ1) is 8.62. The Bertz CT molecular complexity index is 485. The third-order valence-corrected chi connectivity index (χ3v) is 3.05. The Balaban J connectivity index is 2.36. The molecule has 0 aliphatic carbocycles. The number of halogens is 2. The van der Waals surface area contributed by atoms with Crippen molar-refractivity contribution in [1.29, 1.82) is 0 Å². The van der Waals surface area contributed by atoms with Gasteiger partial charge in [-0.1, -0.05) is 32.9 Å². The molecule has 0 unspecified atom stereocenters. The molecule has 1 heterocycles. The van der Waals surface area contributed by atoms with Crippen LogP contribution in [0, 0.1) is 5.41 Å². The van der Waals surface area contributed by atoms with Crippen LogP contribution in [-0.4, -0.2) is 17.5 Å². The summed E-state index contributed by atoms with van der Waals surface area (Å²) < 4.78 is 35.0. The fourth-order valence-electron chi connectivity index (χ4n) is 1.96. The van der Waals surface area contributed by atoms with Crippen LogP contribution in [0.1, 0.15) is 32.4 Å². The second kappa shape index (κ2) is 4.31. The van der Waals surface area contributed by atoms with Crippen LogP contribution in [0.4, 0.5) is 8.78 Å². The zero-order chi connectivity index (χ0) is 14.4. The predicted octanol–water partition coefficient (Wildman–Crippen LogP) is 2.41.